The molecule has 0 radical (unpaired) electrons. The normalized spacial score (nSPS) is 11.5. The Morgan fingerprint density at radius 2 is 1.50 bits per heavy atom. The zero-order valence-electron chi connectivity index (χ0n) is 12.0. The number of rotatable bonds is 8. The lowest BCUT2D eigenvalue weighted by atomic mass is 9.70. The van der Waals surface area contributed by atoms with Crippen molar-refractivity contribution in [2.75, 3.05) is 0 Å². The second kappa shape index (κ2) is 7.35. The van der Waals surface area contributed by atoms with Gasteiger partial charge >= 0.3 is 0 Å². The summed E-state index contributed by atoms with van der Waals surface area (Å²) in [7, 11) is 0. The van der Waals surface area contributed by atoms with Crippen LogP contribution >= 0.6 is 0 Å². The maximum Gasteiger partial charge on any atom is 0.140 e. The van der Waals surface area contributed by atoms with Crippen LogP contribution in [0, 0.1) is 0 Å². The molecule has 0 heterocycles. The van der Waals surface area contributed by atoms with Crippen molar-refractivity contribution in [3.8, 4) is 0 Å². The Morgan fingerprint density at radius 3 is 1.89 bits per heavy atom. The second-order valence-corrected chi connectivity index (χ2v) is 5.21. The van der Waals surface area contributed by atoms with Crippen LogP contribution in [0.4, 0.5) is 0 Å². The zero-order valence-corrected chi connectivity index (χ0v) is 12.0. The third kappa shape index (κ3) is 3.44. The SMILES string of the molecule is CCCCC(CCCC)(C(C)=O)c1ccccc1. The first-order chi connectivity index (χ1) is 8.67. The first-order valence-electron chi connectivity index (χ1n) is 7.24. The second-order valence-electron chi connectivity index (χ2n) is 5.21. The van der Waals surface area contributed by atoms with Crippen LogP contribution in [0.3, 0.4) is 0 Å². The molecular formula is C17H26O. The summed E-state index contributed by atoms with van der Waals surface area (Å²) in [4.78, 5) is 12.3. The van der Waals surface area contributed by atoms with E-state index >= 15 is 0 Å². The number of hydrogen-bond donors (Lipinski definition) is 0. The number of benzene rings is 1. The first-order valence-corrected chi connectivity index (χ1v) is 7.24. The molecule has 0 amide bonds. The van der Waals surface area contributed by atoms with E-state index < -0.39 is 0 Å². The first kappa shape index (κ1) is 14.9. The molecule has 18 heavy (non-hydrogen) atoms. The Morgan fingerprint density at radius 1 is 1.00 bits per heavy atom. The highest BCUT2D eigenvalue weighted by atomic mass is 16.1. The van der Waals surface area contributed by atoms with Gasteiger partial charge in [0, 0.05) is 0 Å². The van der Waals surface area contributed by atoms with Crippen molar-refractivity contribution >= 4 is 5.78 Å². The van der Waals surface area contributed by atoms with E-state index in [1.54, 1.807) is 6.92 Å². The van der Waals surface area contributed by atoms with E-state index in [4.69, 9.17) is 0 Å². The van der Waals surface area contributed by atoms with Crippen molar-refractivity contribution in [3.63, 3.8) is 0 Å². The van der Waals surface area contributed by atoms with Gasteiger partial charge in [-0.2, -0.15) is 0 Å². The summed E-state index contributed by atoms with van der Waals surface area (Å²) in [5.74, 6) is 0.329. The van der Waals surface area contributed by atoms with Gasteiger partial charge in [0.2, 0.25) is 0 Å². The van der Waals surface area contributed by atoms with E-state index in [-0.39, 0.29) is 5.41 Å². The van der Waals surface area contributed by atoms with Crippen LogP contribution in [0.1, 0.15) is 64.9 Å². The van der Waals surface area contributed by atoms with E-state index in [0.717, 1.165) is 38.5 Å². The molecular weight excluding hydrogens is 220 g/mol. The maximum atomic E-state index is 12.3. The molecule has 0 aliphatic rings. The number of ketones is 1. The Balaban J connectivity index is 3.07. The maximum absolute atomic E-state index is 12.3. The number of hydrogen-bond acceptors (Lipinski definition) is 1. The van der Waals surface area contributed by atoms with Crippen LogP contribution in [0.2, 0.25) is 0 Å². The molecule has 0 saturated carbocycles. The van der Waals surface area contributed by atoms with Gasteiger partial charge in [-0.15, -0.1) is 0 Å². The van der Waals surface area contributed by atoms with Gasteiger partial charge in [-0.25, -0.2) is 0 Å². The number of Topliss-reactive ketones (excluding diaryl/α,β-unsaturated/α-hetero) is 1. The molecule has 0 atom stereocenters. The Labute approximate surface area is 112 Å². The molecule has 0 spiro atoms. The predicted molar refractivity (Wildman–Crippen MR) is 77.9 cm³/mol. The average Bonchev–Trinajstić information content (AvgIpc) is 2.40. The van der Waals surface area contributed by atoms with E-state index in [1.165, 1.54) is 5.56 Å². The summed E-state index contributed by atoms with van der Waals surface area (Å²) in [6.45, 7) is 6.14. The fourth-order valence-electron chi connectivity index (χ4n) is 2.68. The summed E-state index contributed by atoms with van der Waals surface area (Å²) < 4.78 is 0. The number of carbonyl (C=O) groups is 1. The van der Waals surface area contributed by atoms with Gasteiger partial charge in [0.1, 0.15) is 5.78 Å². The minimum Gasteiger partial charge on any atom is -0.299 e. The number of unbranched alkanes of at least 4 members (excludes halogenated alkanes) is 2. The van der Waals surface area contributed by atoms with Gasteiger partial charge in [0.15, 0.2) is 0 Å². The topological polar surface area (TPSA) is 17.1 Å². The van der Waals surface area contributed by atoms with Crippen LogP contribution < -0.4 is 0 Å². The van der Waals surface area contributed by atoms with Crippen LogP contribution in [0.15, 0.2) is 30.3 Å². The highest BCUT2D eigenvalue weighted by molar-refractivity contribution is 5.88. The highest BCUT2D eigenvalue weighted by Gasteiger charge is 2.35. The van der Waals surface area contributed by atoms with Gasteiger partial charge in [-0.1, -0.05) is 69.9 Å². The predicted octanol–water partition coefficient (Wildman–Crippen LogP) is 4.89. The van der Waals surface area contributed by atoms with Gasteiger partial charge < -0.3 is 0 Å². The lowest BCUT2D eigenvalue weighted by Gasteiger charge is -2.32. The fourth-order valence-corrected chi connectivity index (χ4v) is 2.68. The number of carbonyl (C=O) groups excluding carboxylic acids is 1. The van der Waals surface area contributed by atoms with Crippen LogP contribution in [0.25, 0.3) is 0 Å². The molecule has 0 fully saturated rings. The van der Waals surface area contributed by atoms with Gasteiger partial charge in [0.25, 0.3) is 0 Å². The standard InChI is InChI=1S/C17H26O/c1-4-6-13-17(15(3)18,14-7-5-2)16-11-9-8-10-12-16/h8-12H,4-7,13-14H2,1-3H3. The van der Waals surface area contributed by atoms with Crippen molar-refractivity contribution in [2.24, 2.45) is 0 Å². The zero-order chi connectivity index (χ0) is 13.4. The molecule has 0 aliphatic carbocycles. The fraction of sp³-hybridized carbons (Fsp3) is 0.588. The molecule has 1 rings (SSSR count). The van der Waals surface area contributed by atoms with E-state index in [9.17, 15) is 4.79 Å². The average molecular weight is 246 g/mol. The third-order valence-corrected chi connectivity index (χ3v) is 3.91. The van der Waals surface area contributed by atoms with Gasteiger partial charge in [-0.3, -0.25) is 4.79 Å². The molecule has 1 aromatic rings. The molecule has 0 aliphatic heterocycles. The van der Waals surface area contributed by atoms with Gasteiger partial charge in [-0.05, 0) is 25.3 Å². The molecule has 0 aromatic heterocycles. The third-order valence-electron chi connectivity index (χ3n) is 3.91. The monoisotopic (exact) mass is 246 g/mol. The molecule has 1 nitrogen and oxygen atoms in total. The Bertz CT molecular complexity index is 345. The summed E-state index contributed by atoms with van der Waals surface area (Å²) >= 11 is 0. The molecule has 0 bridgehead atoms. The molecule has 0 unspecified atom stereocenters. The van der Waals surface area contributed by atoms with Crippen molar-refractivity contribution < 1.29 is 4.79 Å². The van der Waals surface area contributed by atoms with Crippen molar-refractivity contribution in [2.45, 2.75) is 64.7 Å². The Hall–Kier alpha value is -1.11. The summed E-state index contributed by atoms with van der Waals surface area (Å²) in [5.41, 5.74) is 0.965. The van der Waals surface area contributed by atoms with Crippen LogP contribution in [-0.2, 0) is 10.2 Å². The minimum atomic E-state index is -0.243. The molecule has 1 heteroatoms. The van der Waals surface area contributed by atoms with Crippen LogP contribution in [0.5, 0.6) is 0 Å². The summed E-state index contributed by atoms with van der Waals surface area (Å²) in [6.07, 6.45) is 6.52. The highest BCUT2D eigenvalue weighted by Crippen LogP contribution is 2.36. The molecule has 0 N–H and O–H groups in total. The van der Waals surface area contributed by atoms with Gasteiger partial charge in [0.05, 0.1) is 5.41 Å². The summed E-state index contributed by atoms with van der Waals surface area (Å²) in [5, 5.41) is 0. The Kier molecular flexibility index (Phi) is 6.11. The van der Waals surface area contributed by atoms with Crippen molar-refractivity contribution in [3.05, 3.63) is 35.9 Å². The molecule has 100 valence electrons. The molecule has 0 saturated heterocycles. The minimum absolute atomic E-state index is 0.243. The van der Waals surface area contributed by atoms with E-state index in [2.05, 4.69) is 26.0 Å². The largest absolute Gasteiger partial charge is 0.299 e. The van der Waals surface area contributed by atoms with E-state index in [1.807, 2.05) is 18.2 Å². The lowest BCUT2D eigenvalue weighted by Crippen LogP contribution is -2.34. The summed E-state index contributed by atoms with van der Waals surface area (Å²) in [6, 6.07) is 10.4. The van der Waals surface area contributed by atoms with Crippen LogP contribution in [-0.4, -0.2) is 5.78 Å². The van der Waals surface area contributed by atoms with Crippen molar-refractivity contribution in [1.82, 2.24) is 0 Å². The quantitative estimate of drug-likeness (QED) is 0.638. The smallest absolute Gasteiger partial charge is 0.140 e. The van der Waals surface area contributed by atoms with Crippen molar-refractivity contribution in [1.29, 1.82) is 0 Å². The lowest BCUT2D eigenvalue weighted by molar-refractivity contribution is -0.123. The molecule has 1 aromatic carbocycles. The van der Waals surface area contributed by atoms with E-state index in [0.29, 0.717) is 5.78 Å².